The number of thioether (sulfide) groups is 1. The number of nitrogens with one attached hydrogen (secondary N) is 1. The van der Waals surface area contributed by atoms with E-state index in [1.807, 2.05) is 6.26 Å². The summed E-state index contributed by atoms with van der Waals surface area (Å²) in [6.45, 7) is 1.82. The van der Waals surface area contributed by atoms with Gasteiger partial charge in [-0.2, -0.15) is 11.8 Å². The van der Waals surface area contributed by atoms with Gasteiger partial charge in [0.25, 0.3) is 0 Å². The second kappa shape index (κ2) is 9.72. The summed E-state index contributed by atoms with van der Waals surface area (Å²) >= 11 is 1.71. The number of nitrogens with two attached hydrogens (primary N) is 1. The van der Waals surface area contributed by atoms with E-state index in [0.29, 0.717) is 19.8 Å². The van der Waals surface area contributed by atoms with Crippen molar-refractivity contribution in [3.63, 3.8) is 0 Å². The maximum atomic E-state index is 12.4. The fourth-order valence-corrected chi connectivity index (χ4v) is 3.13. The monoisotopic (exact) mass is 491 g/mol. The predicted octanol–water partition coefficient (Wildman–Crippen LogP) is 3.84. The van der Waals surface area contributed by atoms with Crippen molar-refractivity contribution in [3.05, 3.63) is 24.3 Å². The Morgan fingerprint density at radius 1 is 1.36 bits per heavy atom. The molecule has 0 spiro atoms. The van der Waals surface area contributed by atoms with E-state index in [0.717, 1.165) is 12.8 Å². The van der Waals surface area contributed by atoms with Gasteiger partial charge in [-0.3, -0.25) is 4.99 Å². The number of ether oxygens (including phenoxy) is 2. The molecule has 0 radical (unpaired) electrons. The molecule has 1 saturated heterocycles. The maximum absolute atomic E-state index is 12.4. The zero-order chi connectivity index (χ0) is 17.6. The van der Waals surface area contributed by atoms with E-state index < -0.39 is 6.36 Å². The van der Waals surface area contributed by atoms with Gasteiger partial charge in [-0.25, -0.2) is 0 Å². The third kappa shape index (κ3) is 7.10. The SMILES string of the molecule is CSC1(CN=C(N)Nc2ccccc2OC(F)(F)F)CCOCC1.I. The zero-order valence-electron chi connectivity index (χ0n) is 13.6. The molecule has 0 unspecified atom stereocenters. The minimum atomic E-state index is -4.77. The van der Waals surface area contributed by atoms with Crippen LogP contribution in [-0.2, 0) is 4.74 Å². The maximum Gasteiger partial charge on any atom is 0.573 e. The molecular formula is C15H21F3IN3O2S. The van der Waals surface area contributed by atoms with E-state index in [4.69, 9.17) is 10.5 Å². The molecule has 25 heavy (non-hydrogen) atoms. The summed E-state index contributed by atoms with van der Waals surface area (Å²) in [5.74, 6) is -0.304. The molecule has 5 nitrogen and oxygen atoms in total. The molecule has 0 amide bonds. The number of halogens is 4. The van der Waals surface area contributed by atoms with Crippen LogP contribution in [0.1, 0.15) is 12.8 Å². The molecule has 0 aromatic heterocycles. The van der Waals surface area contributed by atoms with Crippen molar-refractivity contribution >= 4 is 47.4 Å². The molecule has 0 bridgehead atoms. The molecular weight excluding hydrogens is 470 g/mol. The van der Waals surface area contributed by atoms with E-state index >= 15 is 0 Å². The molecule has 1 aliphatic heterocycles. The molecule has 142 valence electrons. The van der Waals surface area contributed by atoms with Crippen LogP contribution in [0.3, 0.4) is 0 Å². The summed E-state index contributed by atoms with van der Waals surface area (Å²) in [5.41, 5.74) is 5.94. The number of aliphatic imine (C=N–C) groups is 1. The summed E-state index contributed by atoms with van der Waals surface area (Å²) in [5, 5.41) is 2.68. The van der Waals surface area contributed by atoms with Crippen LogP contribution < -0.4 is 15.8 Å². The highest BCUT2D eigenvalue weighted by Crippen LogP contribution is 2.34. The van der Waals surface area contributed by atoms with Crippen molar-refractivity contribution in [2.75, 3.05) is 31.3 Å². The highest BCUT2D eigenvalue weighted by Gasteiger charge is 2.33. The molecule has 10 heteroatoms. The molecule has 0 aliphatic carbocycles. The molecule has 1 aromatic rings. The Morgan fingerprint density at radius 2 is 2.00 bits per heavy atom. The van der Waals surface area contributed by atoms with Gasteiger partial charge >= 0.3 is 6.36 Å². The fourth-order valence-electron chi connectivity index (χ4n) is 2.36. The van der Waals surface area contributed by atoms with Crippen LogP contribution >= 0.6 is 35.7 Å². The van der Waals surface area contributed by atoms with Gasteiger partial charge in [0, 0.05) is 18.0 Å². The van der Waals surface area contributed by atoms with Gasteiger partial charge in [-0.15, -0.1) is 37.1 Å². The first-order chi connectivity index (χ1) is 11.3. The topological polar surface area (TPSA) is 68.9 Å². The summed E-state index contributed by atoms with van der Waals surface area (Å²) in [4.78, 5) is 4.29. The third-order valence-corrected chi connectivity index (χ3v) is 5.15. The van der Waals surface area contributed by atoms with Crippen LogP contribution in [0, 0.1) is 0 Å². The van der Waals surface area contributed by atoms with Crippen molar-refractivity contribution in [2.45, 2.75) is 24.0 Å². The number of nitrogens with zero attached hydrogens (tertiary/aromatic N) is 1. The number of anilines is 1. The number of hydrogen-bond donors (Lipinski definition) is 2. The van der Waals surface area contributed by atoms with Gasteiger partial charge in [0.2, 0.25) is 0 Å². The van der Waals surface area contributed by atoms with Crippen molar-refractivity contribution in [2.24, 2.45) is 10.7 Å². The van der Waals surface area contributed by atoms with Crippen LogP contribution in [0.2, 0.25) is 0 Å². The largest absolute Gasteiger partial charge is 0.573 e. The van der Waals surface area contributed by atoms with Crippen LogP contribution in [0.5, 0.6) is 5.75 Å². The number of benzene rings is 1. The fraction of sp³-hybridized carbons (Fsp3) is 0.533. The lowest BCUT2D eigenvalue weighted by Gasteiger charge is -2.34. The highest BCUT2D eigenvalue weighted by molar-refractivity contribution is 14.0. The summed E-state index contributed by atoms with van der Waals surface area (Å²) in [6, 6.07) is 5.69. The van der Waals surface area contributed by atoms with Crippen molar-refractivity contribution in [3.8, 4) is 5.75 Å². The van der Waals surface area contributed by atoms with Crippen molar-refractivity contribution < 1.29 is 22.6 Å². The minimum Gasteiger partial charge on any atom is -0.404 e. The van der Waals surface area contributed by atoms with Crippen molar-refractivity contribution in [1.82, 2.24) is 0 Å². The lowest BCUT2D eigenvalue weighted by atomic mass is 9.99. The predicted molar refractivity (Wildman–Crippen MR) is 105 cm³/mol. The number of hydrogen-bond acceptors (Lipinski definition) is 4. The second-order valence-corrected chi connectivity index (χ2v) is 6.64. The first kappa shape index (κ1) is 22.2. The van der Waals surface area contributed by atoms with E-state index in [-0.39, 0.29) is 46.1 Å². The number of guanidine groups is 1. The minimum absolute atomic E-state index is 0. The van der Waals surface area contributed by atoms with Gasteiger partial charge < -0.3 is 20.5 Å². The Morgan fingerprint density at radius 3 is 2.60 bits per heavy atom. The molecule has 1 heterocycles. The lowest BCUT2D eigenvalue weighted by Crippen LogP contribution is -2.37. The zero-order valence-corrected chi connectivity index (χ0v) is 16.8. The van der Waals surface area contributed by atoms with Crippen LogP contribution in [0.4, 0.5) is 18.9 Å². The first-order valence-electron chi connectivity index (χ1n) is 7.38. The molecule has 1 fully saturated rings. The molecule has 1 aromatic carbocycles. The van der Waals surface area contributed by atoms with E-state index in [1.54, 1.807) is 17.8 Å². The summed E-state index contributed by atoms with van der Waals surface area (Å²) in [6.07, 6.45) is -1.04. The molecule has 2 rings (SSSR count). The summed E-state index contributed by atoms with van der Waals surface area (Å²) < 4.78 is 46.5. The molecule has 0 saturated carbocycles. The quantitative estimate of drug-likeness (QED) is 0.372. The van der Waals surface area contributed by atoms with E-state index in [2.05, 4.69) is 15.0 Å². The molecule has 3 N–H and O–H groups in total. The van der Waals surface area contributed by atoms with Crippen LogP contribution in [0.25, 0.3) is 0 Å². The normalized spacial score (nSPS) is 17.5. The van der Waals surface area contributed by atoms with E-state index in [1.165, 1.54) is 18.2 Å². The highest BCUT2D eigenvalue weighted by atomic mass is 127. The van der Waals surface area contributed by atoms with Gasteiger partial charge in [-0.1, -0.05) is 12.1 Å². The Kier molecular flexibility index (Phi) is 8.61. The second-order valence-electron chi connectivity index (χ2n) is 5.37. The Labute approximate surface area is 165 Å². The average Bonchev–Trinajstić information content (AvgIpc) is 2.54. The Balaban J connectivity index is 0.00000312. The van der Waals surface area contributed by atoms with E-state index in [9.17, 15) is 13.2 Å². The van der Waals surface area contributed by atoms with Gasteiger partial charge in [0.15, 0.2) is 11.7 Å². The Hall–Kier alpha value is -0.880. The average molecular weight is 491 g/mol. The molecule has 1 aliphatic rings. The summed E-state index contributed by atoms with van der Waals surface area (Å²) in [7, 11) is 0. The smallest absolute Gasteiger partial charge is 0.404 e. The number of rotatable bonds is 5. The molecule has 0 atom stereocenters. The van der Waals surface area contributed by atoms with Gasteiger partial charge in [-0.05, 0) is 31.2 Å². The van der Waals surface area contributed by atoms with Crippen molar-refractivity contribution in [1.29, 1.82) is 0 Å². The number of alkyl halides is 3. The van der Waals surface area contributed by atoms with Gasteiger partial charge in [0.1, 0.15) is 0 Å². The van der Waals surface area contributed by atoms with Gasteiger partial charge in [0.05, 0.1) is 12.2 Å². The third-order valence-electron chi connectivity index (χ3n) is 3.75. The number of para-hydroxylation sites is 2. The van der Waals surface area contributed by atoms with Crippen LogP contribution in [-0.4, -0.2) is 43.1 Å². The standard InChI is InChI=1S/C15H20F3N3O2S.HI/c1-24-14(6-8-22-9-7-14)10-20-13(19)21-11-4-2-3-5-12(11)23-15(16,17)18;/h2-5H,6-10H2,1H3,(H3,19,20,21);1H. The Bertz CT molecular complexity index is 581. The first-order valence-corrected chi connectivity index (χ1v) is 8.61. The van der Waals surface area contributed by atoms with Crippen LogP contribution in [0.15, 0.2) is 29.3 Å². The lowest BCUT2D eigenvalue weighted by molar-refractivity contribution is -0.274.